The summed E-state index contributed by atoms with van der Waals surface area (Å²) < 4.78 is 11.3. The highest BCUT2D eigenvalue weighted by atomic mass is 16.5. The normalized spacial score (nSPS) is 23.5. The molecule has 0 radical (unpaired) electrons. The molecule has 1 spiro atoms. The number of rotatable bonds is 7. The first-order chi connectivity index (χ1) is 14.6. The molecule has 0 unspecified atom stereocenters. The lowest BCUT2D eigenvalue weighted by Gasteiger charge is -2.40. The second-order valence-electron chi connectivity index (χ2n) is 8.91. The Morgan fingerprint density at radius 3 is 2.53 bits per heavy atom. The molecule has 1 atom stereocenters. The fourth-order valence-corrected chi connectivity index (χ4v) is 5.18. The molecule has 2 aromatic carbocycles. The van der Waals surface area contributed by atoms with Gasteiger partial charge in [0, 0.05) is 17.9 Å². The maximum atomic E-state index is 9.36. The minimum absolute atomic E-state index is 0.133. The predicted molar refractivity (Wildman–Crippen MR) is 120 cm³/mol. The van der Waals surface area contributed by atoms with Gasteiger partial charge in [-0.3, -0.25) is 0 Å². The van der Waals surface area contributed by atoms with Gasteiger partial charge in [-0.05, 0) is 66.8 Å². The topological polar surface area (TPSA) is 42.2 Å². The Morgan fingerprint density at radius 2 is 1.83 bits per heavy atom. The van der Waals surface area contributed by atoms with Crippen molar-refractivity contribution >= 4 is 6.08 Å². The summed E-state index contributed by atoms with van der Waals surface area (Å²) in [6, 6.07) is 19.4. The molecule has 1 saturated carbocycles. The molecule has 0 amide bonds. The molecule has 3 nitrogen and oxygen atoms in total. The van der Waals surface area contributed by atoms with Crippen LogP contribution in [0.5, 0.6) is 5.75 Å². The third-order valence-electron chi connectivity index (χ3n) is 6.84. The summed E-state index contributed by atoms with van der Waals surface area (Å²) in [6.07, 6.45) is 7.66. The first-order valence-corrected chi connectivity index (χ1v) is 11.1. The van der Waals surface area contributed by atoms with Gasteiger partial charge in [0.1, 0.15) is 5.75 Å². The van der Waals surface area contributed by atoms with Crippen molar-refractivity contribution in [3.05, 3.63) is 70.8 Å². The number of benzene rings is 2. The van der Waals surface area contributed by atoms with Crippen LogP contribution in [0.1, 0.15) is 55.7 Å². The molecule has 1 fully saturated rings. The monoisotopic (exact) mass is 401 g/mol. The van der Waals surface area contributed by atoms with Crippen molar-refractivity contribution in [3.8, 4) is 11.8 Å². The van der Waals surface area contributed by atoms with Gasteiger partial charge >= 0.3 is 0 Å². The van der Waals surface area contributed by atoms with Gasteiger partial charge in [0.05, 0.1) is 19.8 Å². The van der Waals surface area contributed by atoms with E-state index in [-0.39, 0.29) is 11.3 Å². The van der Waals surface area contributed by atoms with Crippen LogP contribution in [0.4, 0.5) is 0 Å². The smallest absolute Gasteiger partial charge is 0.118 e. The van der Waals surface area contributed by atoms with Crippen LogP contribution in [0.3, 0.4) is 0 Å². The van der Waals surface area contributed by atoms with Gasteiger partial charge in [-0.25, -0.2) is 0 Å². The molecule has 3 heteroatoms. The molecule has 4 rings (SSSR count). The molecule has 156 valence electrons. The number of hydrogen-bond acceptors (Lipinski definition) is 3. The summed E-state index contributed by atoms with van der Waals surface area (Å²) in [5.41, 5.74) is 5.69. The zero-order chi connectivity index (χ0) is 21.0. The molecular formula is C27H31NO2. The van der Waals surface area contributed by atoms with Crippen molar-refractivity contribution in [2.45, 2.75) is 51.0 Å². The van der Waals surface area contributed by atoms with Gasteiger partial charge in [-0.15, -0.1) is 0 Å². The number of allylic oxidation sites excluding steroid dienone is 1. The molecule has 0 aliphatic heterocycles. The average molecular weight is 402 g/mol. The van der Waals surface area contributed by atoms with E-state index in [1.54, 1.807) is 12.7 Å². The molecule has 0 saturated heterocycles. The molecule has 0 aromatic heterocycles. The fourth-order valence-electron chi connectivity index (χ4n) is 5.18. The summed E-state index contributed by atoms with van der Waals surface area (Å²) in [5, 5.41) is 9.36. The third kappa shape index (κ3) is 4.16. The summed E-state index contributed by atoms with van der Waals surface area (Å²) in [6.45, 7) is 3.66. The van der Waals surface area contributed by atoms with E-state index >= 15 is 0 Å². The van der Waals surface area contributed by atoms with Crippen molar-refractivity contribution < 1.29 is 9.47 Å². The van der Waals surface area contributed by atoms with Crippen molar-refractivity contribution in [1.82, 2.24) is 0 Å². The van der Waals surface area contributed by atoms with Crippen LogP contribution in [0.2, 0.25) is 0 Å². The molecule has 2 aliphatic carbocycles. The summed E-state index contributed by atoms with van der Waals surface area (Å²) in [4.78, 5) is 0. The molecular weight excluding hydrogens is 370 g/mol. The second-order valence-corrected chi connectivity index (χ2v) is 8.91. The maximum Gasteiger partial charge on any atom is 0.118 e. The lowest BCUT2D eigenvalue weighted by molar-refractivity contribution is 0.0907. The maximum absolute atomic E-state index is 9.36. The Labute approximate surface area is 180 Å². The van der Waals surface area contributed by atoms with Crippen LogP contribution in [0.25, 0.3) is 6.08 Å². The van der Waals surface area contributed by atoms with Crippen molar-refractivity contribution in [1.29, 1.82) is 5.26 Å². The first kappa shape index (κ1) is 20.7. The molecule has 2 aromatic rings. The van der Waals surface area contributed by atoms with Crippen LogP contribution in [0, 0.1) is 23.2 Å². The van der Waals surface area contributed by atoms with Crippen LogP contribution < -0.4 is 4.74 Å². The molecule has 2 aliphatic rings. The average Bonchev–Trinajstić information content (AvgIpc) is 3.07. The van der Waals surface area contributed by atoms with E-state index in [1.807, 2.05) is 12.1 Å². The van der Waals surface area contributed by atoms with E-state index in [2.05, 4.69) is 55.5 Å². The van der Waals surface area contributed by atoms with Crippen molar-refractivity contribution in [2.24, 2.45) is 11.8 Å². The fraction of sp³-hybridized carbons (Fsp3) is 0.444. The Bertz CT molecular complexity index is 930. The number of nitriles is 1. The summed E-state index contributed by atoms with van der Waals surface area (Å²) in [7, 11) is 1.68. The molecule has 0 bridgehead atoms. The van der Waals surface area contributed by atoms with Crippen molar-refractivity contribution in [3.63, 3.8) is 0 Å². The van der Waals surface area contributed by atoms with E-state index in [0.717, 1.165) is 44.5 Å². The Balaban J connectivity index is 1.39. The number of fused-ring (bicyclic) bond motifs is 2. The van der Waals surface area contributed by atoms with E-state index in [0.29, 0.717) is 12.5 Å². The third-order valence-corrected chi connectivity index (χ3v) is 6.84. The molecule has 0 N–H and O–H groups in total. The van der Waals surface area contributed by atoms with Gasteiger partial charge in [0.15, 0.2) is 0 Å². The SMILES string of the molecule is COc1ccc(COC[C@H](C)CC2=Cc3ccccc3C23CCC(C#N)CC3)cc1. The van der Waals surface area contributed by atoms with Crippen LogP contribution in [-0.2, 0) is 16.8 Å². The largest absolute Gasteiger partial charge is 0.497 e. The second kappa shape index (κ2) is 9.06. The van der Waals surface area contributed by atoms with E-state index < -0.39 is 0 Å². The highest BCUT2D eigenvalue weighted by molar-refractivity contribution is 5.69. The molecule has 30 heavy (non-hydrogen) atoms. The number of ether oxygens (including phenoxy) is 2. The summed E-state index contributed by atoms with van der Waals surface area (Å²) >= 11 is 0. The number of methoxy groups -OCH3 is 1. The van der Waals surface area contributed by atoms with Crippen molar-refractivity contribution in [2.75, 3.05) is 13.7 Å². The van der Waals surface area contributed by atoms with Crippen LogP contribution in [-0.4, -0.2) is 13.7 Å². The predicted octanol–water partition coefficient (Wildman–Crippen LogP) is 6.29. The summed E-state index contributed by atoms with van der Waals surface area (Å²) in [5.74, 6) is 1.54. The minimum Gasteiger partial charge on any atom is -0.497 e. The highest BCUT2D eigenvalue weighted by Crippen LogP contribution is 2.53. The number of nitrogens with zero attached hydrogens (tertiary/aromatic N) is 1. The van der Waals surface area contributed by atoms with Gasteiger partial charge in [0.2, 0.25) is 0 Å². The van der Waals surface area contributed by atoms with Gasteiger partial charge in [-0.2, -0.15) is 5.26 Å². The van der Waals surface area contributed by atoms with E-state index in [9.17, 15) is 5.26 Å². The quantitative estimate of drug-likeness (QED) is 0.548. The zero-order valence-electron chi connectivity index (χ0n) is 18.1. The highest BCUT2D eigenvalue weighted by Gasteiger charge is 2.43. The van der Waals surface area contributed by atoms with E-state index in [1.165, 1.54) is 16.7 Å². The molecule has 0 heterocycles. The van der Waals surface area contributed by atoms with Crippen LogP contribution in [0.15, 0.2) is 54.1 Å². The zero-order valence-corrected chi connectivity index (χ0v) is 18.1. The standard InChI is InChI=1S/C27H31NO2/c1-20(18-30-19-22-7-9-25(29-2)10-8-22)15-24-16-23-5-3-4-6-26(23)27(24)13-11-21(17-28)12-14-27/h3-10,16,20-21H,11-15,18-19H2,1-2H3/t20-,21?,27?/m1/s1. The first-order valence-electron chi connectivity index (χ1n) is 11.1. The van der Waals surface area contributed by atoms with Gasteiger partial charge in [0.25, 0.3) is 0 Å². The van der Waals surface area contributed by atoms with Gasteiger partial charge in [-0.1, -0.05) is 55.0 Å². The van der Waals surface area contributed by atoms with E-state index in [4.69, 9.17) is 9.47 Å². The van der Waals surface area contributed by atoms with Gasteiger partial charge < -0.3 is 9.47 Å². The Kier molecular flexibility index (Phi) is 6.25. The lowest BCUT2D eigenvalue weighted by atomic mass is 9.63. The lowest BCUT2D eigenvalue weighted by Crippen LogP contribution is -2.32. The van der Waals surface area contributed by atoms with Crippen LogP contribution >= 0.6 is 0 Å². The number of hydrogen-bond donors (Lipinski definition) is 0. The minimum atomic E-state index is 0.133. The Hall–Kier alpha value is -2.57. The Morgan fingerprint density at radius 1 is 1.10 bits per heavy atom.